The fourth-order valence-corrected chi connectivity index (χ4v) is 1.48. The summed E-state index contributed by atoms with van der Waals surface area (Å²) < 4.78 is 5.13. The third-order valence-corrected chi connectivity index (χ3v) is 2.31. The number of carbonyl (C=O) groups is 3. The Bertz CT molecular complexity index is 575. The lowest BCUT2D eigenvalue weighted by Gasteiger charge is -2.20. The van der Waals surface area contributed by atoms with Crippen molar-refractivity contribution >= 4 is 29.3 Å². The Hall–Kier alpha value is -2.57. The Morgan fingerprint density at radius 3 is 2.24 bits per heavy atom. The number of anilines is 2. The van der Waals surface area contributed by atoms with Gasteiger partial charge in [-0.1, -0.05) is 0 Å². The molecule has 0 aliphatic carbocycles. The maximum Gasteiger partial charge on any atom is 0.412 e. The average molecular weight is 294 g/mol. The van der Waals surface area contributed by atoms with E-state index in [0.29, 0.717) is 16.9 Å². The number of hydrogen-bond donors (Lipinski definition) is 3. The Labute approximate surface area is 122 Å². The second-order valence-corrected chi connectivity index (χ2v) is 5.42. The minimum absolute atomic E-state index is 0.328. The largest absolute Gasteiger partial charge is 0.474 e. The number of ether oxygens (including phenoxy) is 1. The van der Waals surface area contributed by atoms with Crippen molar-refractivity contribution in [2.24, 2.45) is 0 Å². The average Bonchev–Trinajstić information content (AvgIpc) is 2.30. The summed E-state index contributed by atoms with van der Waals surface area (Å²) in [4.78, 5) is 33.1. The standard InChI is InChI=1S/C14H18N2O5/c1-8-7-9(15-11(17)12(18)19)5-6-10(8)16-13(20)21-14(2,3)4/h5-7H,1-4H3,(H,15,17)(H,16,20)(H,18,19). The van der Waals surface area contributed by atoms with Crippen molar-refractivity contribution in [1.29, 1.82) is 0 Å². The van der Waals surface area contributed by atoms with Crippen molar-refractivity contribution in [3.8, 4) is 0 Å². The van der Waals surface area contributed by atoms with Gasteiger partial charge >= 0.3 is 18.0 Å². The molecule has 1 rings (SSSR count). The van der Waals surface area contributed by atoms with Gasteiger partial charge in [0.15, 0.2) is 0 Å². The summed E-state index contributed by atoms with van der Waals surface area (Å²) >= 11 is 0. The third-order valence-electron chi connectivity index (χ3n) is 2.31. The van der Waals surface area contributed by atoms with E-state index in [-0.39, 0.29) is 0 Å². The highest BCUT2D eigenvalue weighted by Gasteiger charge is 2.17. The number of carboxylic acid groups (broad SMARTS) is 1. The normalized spacial score (nSPS) is 10.7. The van der Waals surface area contributed by atoms with Crippen molar-refractivity contribution in [1.82, 2.24) is 0 Å². The van der Waals surface area contributed by atoms with E-state index in [1.807, 2.05) is 0 Å². The summed E-state index contributed by atoms with van der Waals surface area (Å²) in [6.07, 6.45) is -0.590. The molecule has 3 N–H and O–H groups in total. The number of benzene rings is 1. The minimum atomic E-state index is -1.57. The molecule has 0 aliphatic rings. The van der Waals surface area contributed by atoms with Gasteiger partial charge in [-0.25, -0.2) is 9.59 Å². The summed E-state index contributed by atoms with van der Waals surface area (Å²) in [6, 6.07) is 4.59. The van der Waals surface area contributed by atoms with E-state index in [4.69, 9.17) is 9.84 Å². The van der Waals surface area contributed by atoms with Crippen LogP contribution in [0.5, 0.6) is 0 Å². The van der Waals surface area contributed by atoms with Crippen LogP contribution in [0.3, 0.4) is 0 Å². The first-order valence-corrected chi connectivity index (χ1v) is 6.23. The van der Waals surface area contributed by atoms with Crippen LogP contribution in [0.25, 0.3) is 0 Å². The predicted octanol–water partition coefficient (Wildman–Crippen LogP) is 2.37. The summed E-state index contributed by atoms with van der Waals surface area (Å²) in [5.74, 6) is -2.69. The van der Waals surface area contributed by atoms with Gasteiger partial charge in [0.1, 0.15) is 5.60 Å². The highest BCUT2D eigenvalue weighted by Crippen LogP contribution is 2.20. The van der Waals surface area contributed by atoms with Crippen molar-refractivity contribution in [2.45, 2.75) is 33.3 Å². The molecule has 7 heteroatoms. The first kappa shape index (κ1) is 16.5. The van der Waals surface area contributed by atoms with E-state index in [2.05, 4.69) is 10.6 Å². The molecule has 0 atom stereocenters. The molecular formula is C14H18N2O5. The van der Waals surface area contributed by atoms with E-state index in [1.165, 1.54) is 6.07 Å². The molecule has 114 valence electrons. The van der Waals surface area contributed by atoms with Gasteiger partial charge in [0.25, 0.3) is 0 Å². The zero-order valence-corrected chi connectivity index (χ0v) is 12.3. The molecule has 0 aliphatic heterocycles. The number of nitrogens with one attached hydrogen (secondary N) is 2. The van der Waals surface area contributed by atoms with Crippen LogP contribution in [0, 0.1) is 6.92 Å². The number of amides is 2. The van der Waals surface area contributed by atoms with Gasteiger partial charge < -0.3 is 15.2 Å². The topological polar surface area (TPSA) is 105 Å². The lowest BCUT2D eigenvalue weighted by molar-refractivity contribution is -0.147. The molecule has 0 saturated heterocycles. The van der Waals surface area contributed by atoms with Gasteiger partial charge in [-0.3, -0.25) is 10.1 Å². The zero-order chi connectivity index (χ0) is 16.2. The van der Waals surface area contributed by atoms with Crippen LogP contribution >= 0.6 is 0 Å². The second kappa shape index (κ2) is 6.25. The summed E-state index contributed by atoms with van der Waals surface area (Å²) in [7, 11) is 0. The molecule has 0 spiro atoms. The SMILES string of the molecule is Cc1cc(NC(=O)C(=O)O)ccc1NC(=O)OC(C)(C)C. The molecule has 2 amide bonds. The number of aryl methyl sites for hydroxylation is 1. The quantitative estimate of drug-likeness (QED) is 0.726. The molecule has 0 unspecified atom stereocenters. The number of rotatable bonds is 2. The van der Waals surface area contributed by atoms with Crippen LogP contribution < -0.4 is 10.6 Å². The maximum atomic E-state index is 11.7. The molecule has 1 aromatic carbocycles. The zero-order valence-electron chi connectivity index (χ0n) is 12.3. The molecule has 0 bridgehead atoms. The van der Waals surface area contributed by atoms with Crippen LogP contribution in [0.2, 0.25) is 0 Å². The Kier molecular flexibility index (Phi) is 4.91. The van der Waals surface area contributed by atoms with Crippen LogP contribution in [0.4, 0.5) is 16.2 Å². The fourth-order valence-electron chi connectivity index (χ4n) is 1.48. The molecular weight excluding hydrogens is 276 g/mol. The predicted molar refractivity (Wildman–Crippen MR) is 77.3 cm³/mol. The van der Waals surface area contributed by atoms with Gasteiger partial charge in [-0.2, -0.15) is 0 Å². The molecule has 21 heavy (non-hydrogen) atoms. The number of hydrogen-bond acceptors (Lipinski definition) is 4. The molecule has 7 nitrogen and oxygen atoms in total. The van der Waals surface area contributed by atoms with Crippen molar-refractivity contribution < 1.29 is 24.2 Å². The Morgan fingerprint density at radius 2 is 1.76 bits per heavy atom. The monoisotopic (exact) mass is 294 g/mol. The van der Waals surface area contributed by atoms with Gasteiger partial charge in [0.2, 0.25) is 0 Å². The number of carboxylic acids is 1. The maximum absolute atomic E-state index is 11.7. The first-order valence-electron chi connectivity index (χ1n) is 6.23. The van der Waals surface area contributed by atoms with Crippen LogP contribution in [0.15, 0.2) is 18.2 Å². The summed E-state index contributed by atoms with van der Waals surface area (Å²) in [6.45, 7) is 6.97. The third kappa shape index (κ3) is 5.52. The summed E-state index contributed by atoms with van der Waals surface area (Å²) in [5.41, 5.74) is 0.893. The lowest BCUT2D eigenvalue weighted by Crippen LogP contribution is -2.27. The minimum Gasteiger partial charge on any atom is -0.474 e. The van der Waals surface area contributed by atoms with Gasteiger partial charge in [-0.15, -0.1) is 0 Å². The smallest absolute Gasteiger partial charge is 0.412 e. The second-order valence-electron chi connectivity index (χ2n) is 5.42. The fraction of sp³-hybridized carbons (Fsp3) is 0.357. The van der Waals surface area contributed by atoms with Crippen molar-refractivity contribution in [2.75, 3.05) is 10.6 Å². The van der Waals surface area contributed by atoms with Crippen LogP contribution in [-0.2, 0) is 14.3 Å². The highest BCUT2D eigenvalue weighted by atomic mass is 16.6. The lowest BCUT2D eigenvalue weighted by atomic mass is 10.1. The summed E-state index contributed by atoms with van der Waals surface area (Å²) in [5, 5.41) is 13.3. The van der Waals surface area contributed by atoms with E-state index >= 15 is 0 Å². The van der Waals surface area contributed by atoms with Crippen LogP contribution in [-0.4, -0.2) is 28.7 Å². The first-order chi connectivity index (χ1) is 9.58. The van der Waals surface area contributed by atoms with Crippen LogP contribution in [0.1, 0.15) is 26.3 Å². The van der Waals surface area contributed by atoms with Crippen molar-refractivity contribution in [3.05, 3.63) is 23.8 Å². The molecule has 0 aromatic heterocycles. The Morgan fingerprint density at radius 1 is 1.14 bits per heavy atom. The number of carbonyl (C=O) groups excluding carboxylic acids is 2. The van der Waals surface area contributed by atoms with Crippen molar-refractivity contribution in [3.63, 3.8) is 0 Å². The van der Waals surface area contributed by atoms with Gasteiger partial charge in [0.05, 0.1) is 0 Å². The molecule has 0 heterocycles. The number of aliphatic carboxylic acids is 1. The van der Waals surface area contributed by atoms with Gasteiger partial charge in [0, 0.05) is 11.4 Å². The van der Waals surface area contributed by atoms with E-state index in [9.17, 15) is 14.4 Å². The van der Waals surface area contributed by atoms with E-state index in [1.54, 1.807) is 39.8 Å². The molecule has 0 fully saturated rings. The molecule has 1 aromatic rings. The molecule has 0 radical (unpaired) electrons. The van der Waals surface area contributed by atoms with E-state index in [0.717, 1.165) is 0 Å². The van der Waals surface area contributed by atoms with Gasteiger partial charge in [-0.05, 0) is 51.5 Å². The van der Waals surface area contributed by atoms with E-state index < -0.39 is 23.6 Å². The Balaban J connectivity index is 2.77. The molecule has 0 saturated carbocycles. The highest BCUT2D eigenvalue weighted by molar-refractivity contribution is 6.36.